The predicted octanol–water partition coefficient (Wildman–Crippen LogP) is 1.13. The molecule has 1 heterocycles. The molecule has 0 fully saturated rings. The van der Waals surface area contributed by atoms with Gasteiger partial charge < -0.3 is 15.2 Å². The van der Waals surface area contributed by atoms with Crippen LogP contribution in [0, 0.1) is 0 Å². The summed E-state index contributed by atoms with van der Waals surface area (Å²) in [6.45, 7) is 3.73. The molecule has 0 aliphatic carbocycles. The first-order valence-corrected chi connectivity index (χ1v) is 5.11. The van der Waals surface area contributed by atoms with E-state index in [1.54, 1.807) is 18.3 Å². The molecule has 0 atom stereocenters. The number of aromatic nitrogens is 1. The highest BCUT2D eigenvalue weighted by Gasteiger charge is 1.98. The molecule has 0 aliphatic heterocycles. The molecule has 0 aliphatic rings. The molecular weight excluding hydrogens is 212 g/mol. The quantitative estimate of drug-likeness (QED) is 0.582. The van der Waals surface area contributed by atoms with E-state index in [0.29, 0.717) is 31.3 Å². The van der Waals surface area contributed by atoms with Gasteiger partial charge in [-0.3, -0.25) is 0 Å². The van der Waals surface area contributed by atoms with Gasteiger partial charge in [-0.25, -0.2) is 4.98 Å². The lowest BCUT2D eigenvalue weighted by Gasteiger charge is -2.05. The maximum Gasteiger partial charge on any atom is 0.137 e. The Kier molecular flexibility index (Phi) is 5.00. The van der Waals surface area contributed by atoms with Crippen LogP contribution in [0.3, 0.4) is 0 Å². The van der Waals surface area contributed by atoms with Crippen LogP contribution in [0.25, 0.3) is 0 Å². The summed E-state index contributed by atoms with van der Waals surface area (Å²) in [5.74, 6) is 0.690. The van der Waals surface area contributed by atoms with Crippen LogP contribution in [0.4, 0.5) is 0 Å². The van der Waals surface area contributed by atoms with Gasteiger partial charge in [0, 0.05) is 6.61 Å². The Labute approximate surface area is 94.4 Å². The zero-order chi connectivity index (χ0) is 11.1. The average molecular weight is 226 g/mol. The third-order valence-corrected chi connectivity index (χ3v) is 1.90. The molecule has 4 nitrogen and oxygen atoms in total. The van der Waals surface area contributed by atoms with Gasteiger partial charge in [-0.05, 0) is 19.1 Å². The Morgan fingerprint density at radius 2 is 2.27 bits per heavy atom. The summed E-state index contributed by atoms with van der Waals surface area (Å²) in [7, 11) is 0. The molecule has 0 amide bonds. The zero-order valence-corrected chi connectivity index (χ0v) is 9.42. The number of nitrogens with zero attached hydrogens (tertiary/aromatic N) is 1. The summed E-state index contributed by atoms with van der Waals surface area (Å²) in [6.07, 6.45) is 1.60. The van der Waals surface area contributed by atoms with Crippen LogP contribution in [-0.2, 0) is 4.74 Å². The second kappa shape index (κ2) is 6.31. The van der Waals surface area contributed by atoms with Crippen molar-refractivity contribution in [1.82, 2.24) is 4.98 Å². The van der Waals surface area contributed by atoms with Crippen molar-refractivity contribution >= 4 is 17.2 Å². The van der Waals surface area contributed by atoms with Crippen LogP contribution in [0.2, 0.25) is 0 Å². The average Bonchev–Trinajstić information content (AvgIpc) is 2.25. The predicted molar refractivity (Wildman–Crippen MR) is 62.1 cm³/mol. The number of ether oxygens (including phenoxy) is 2. The highest BCUT2D eigenvalue weighted by atomic mass is 32.1. The van der Waals surface area contributed by atoms with Crippen LogP contribution < -0.4 is 10.5 Å². The van der Waals surface area contributed by atoms with E-state index in [-0.39, 0.29) is 4.99 Å². The summed E-state index contributed by atoms with van der Waals surface area (Å²) >= 11 is 4.78. The molecule has 82 valence electrons. The first kappa shape index (κ1) is 11.9. The Bertz CT molecular complexity index is 314. The molecule has 1 aromatic heterocycles. The van der Waals surface area contributed by atoms with Crippen molar-refractivity contribution in [2.75, 3.05) is 19.8 Å². The first-order valence-electron chi connectivity index (χ1n) is 4.70. The second-order valence-corrected chi connectivity index (χ2v) is 3.23. The topological polar surface area (TPSA) is 57.4 Å². The fraction of sp³-hybridized carbons (Fsp3) is 0.400. The maximum absolute atomic E-state index is 5.41. The van der Waals surface area contributed by atoms with E-state index in [1.165, 1.54) is 0 Å². The number of thiocarbonyl (C=S) groups is 1. The van der Waals surface area contributed by atoms with Gasteiger partial charge in [0.15, 0.2) is 0 Å². The highest BCUT2D eigenvalue weighted by molar-refractivity contribution is 7.80. The van der Waals surface area contributed by atoms with E-state index in [0.717, 1.165) is 0 Å². The van der Waals surface area contributed by atoms with E-state index in [1.807, 2.05) is 6.92 Å². The molecule has 0 saturated heterocycles. The lowest BCUT2D eigenvalue weighted by atomic mass is 10.3. The molecule has 1 rings (SSSR count). The maximum atomic E-state index is 5.41. The van der Waals surface area contributed by atoms with Gasteiger partial charge in [0.05, 0.1) is 18.5 Å². The number of hydrogen-bond acceptors (Lipinski definition) is 4. The number of pyridine rings is 1. The Balaban J connectivity index is 2.39. The van der Waals surface area contributed by atoms with Crippen molar-refractivity contribution < 1.29 is 9.47 Å². The van der Waals surface area contributed by atoms with Crippen molar-refractivity contribution in [2.45, 2.75) is 6.92 Å². The molecule has 15 heavy (non-hydrogen) atoms. The van der Waals surface area contributed by atoms with E-state index in [4.69, 9.17) is 27.4 Å². The van der Waals surface area contributed by atoms with Crippen LogP contribution in [0.5, 0.6) is 5.75 Å². The largest absolute Gasteiger partial charge is 0.490 e. The minimum Gasteiger partial charge on any atom is -0.490 e. The molecule has 0 unspecified atom stereocenters. The van der Waals surface area contributed by atoms with Gasteiger partial charge in [0.2, 0.25) is 0 Å². The van der Waals surface area contributed by atoms with E-state index in [2.05, 4.69) is 4.98 Å². The molecule has 0 radical (unpaired) electrons. The molecule has 0 saturated carbocycles. The number of rotatable bonds is 6. The molecule has 2 N–H and O–H groups in total. The molecule has 5 heteroatoms. The number of nitrogens with two attached hydrogens (primary N) is 1. The SMILES string of the molecule is CCOCCOc1ccc(C(N)=S)nc1. The second-order valence-electron chi connectivity index (χ2n) is 2.79. The summed E-state index contributed by atoms with van der Waals surface area (Å²) < 4.78 is 10.5. The minimum atomic E-state index is 0.288. The Morgan fingerprint density at radius 3 is 2.80 bits per heavy atom. The van der Waals surface area contributed by atoms with Crippen LogP contribution in [0.15, 0.2) is 18.3 Å². The van der Waals surface area contributed by atoms with Gasteiger partial charge >= 0.3 is 0 Å². The number of hydrogen-bond donors (Lipinski definition) is 1. The van der Waals surface area contributed by atoms with Crippen molar-refractivity contribution in [1.29, 1.82) is 0 Å². The van der Waals surface area contributed by atoms with E-state index < -0.39 is 0 Å². The fourth-order valence-corrected chi connectivity index (χ4v) is 1.09. The van der Waals surface area contributed by atoms with Crippen molar-refractivity contribution in [3.05, 3.63) is 24.0 Å². The van der Waals surface area contributed by atoms with Crippen molar-refractivity contribution in [3.8, 4) is 5.75 Å². The summed E-state index contributed by atoms with van der Waals surface area (Å²) in [4.78, 5) is 4.33. The standard InChI is InChI=1S/C10H14N2O2S/c1-2-13-5-6-14-8-3-4-9(10(11)15)12-7-8/h3-4,7H,2,5-6H2,1H3,(H2,11,15). The third-order valence-electron chi connectivity index (χ3n) is 1.69. The Morgan fingerprint density at radius 1 is 1.47 bits per heavy atom. The fourth-order valence-electron chi connectivity index (χ4n) is 0.974. The van der Waals surface area contributed by atoms with Gasteiger partial charge in [-0.15, -0.1) is 0 Å². The third kappa shape index (κ3) is 4.22. The smallest absolute Gasteiger partial charge is 0.137 e. The summed E-state index contributed by atoms with van der Waals surface area (Å²) in [5, 5.41) is 0. The van der Waals surface area contributed by atoms with Crippen molar-refractivity contribution in [2.24, 2.45) is 5.73 Å². The molecule has 1 aromatic rings. The van der Waals surface area contributed by atoms with Gasteiger partial charge in [0.1, 0.15) is 17.3 Å². The van der Waals surface area contributed by atoms with Gasteiger partial charge in [0.25, 0.3) is 0 Å². The van der Waals surface area contributed by atoms with E-state index >= 15 is 0 Å². The minimum absolute atomic E-state index is 0.288. The van der Waals surface area contributed by atoms with Gasteiger partial charge in [-0.1, -0.05) is 12.2 Å². The summed E-state index contributed by atoms with van der Waals surface area (Å²) in [6, 6.07) is 3.52. The molecular formula is C10H14N2O2S. The van der Waals surface area contributed by atoms with E-state index in [9.17, 15) is 0 Å². The van der Waals surface area contributed by atoms with Gasteiger partial charge in [-0.2, -0.15) is 0 Å². The lowest BCUT2D eigenvalue weighted by molar-refractivity contribution is 0.110. The van der Waals surface area contributed by atoms with Crippen LogP contribution in [-0.4, -0.2) is 29.8 Å². The molecule has 0 bridgehead atoms. The Hall–Kier alpha value is -1.20. The molecule has 0 spiro atoms. The zero-order valence-electron chi connectivity index (χ0n) is 8.60. The lowest BCUT2D eigenvalue weighted by Crippen LogP contribution is -2.11. The van der Waals surface area contributed by atoms with Crippen LogP contribution in [0.1, 0.15) is 12.6 Å². The highest BCUT2D eigenvalue weighted by Crippen LogP contribution is 2.08. The van der Waals surface area contributed by atoms with Crippen molar-refractivity contribution in [3.63, 3.8) is 0 Å². The molecule has 0 aromatic carbocycles. The first-order chi connectivity index (χ1) is 7.24. The monoisotopic (exact) mass is 226 g/mol. The van der Waals surface area contributed by atoms with Crippen LogP contribution >= 0.6 is 12.2 Å². The summed E-state index contributed by atoms with van der Waals surface area (Å²) in [5.41, 5.74) is 6.01. The normalized spacial score (nSPS) is 9.93.